The molecule has 13 heavy (non-hydrogen) atoms. The summed E-state index contributed by atoms with van der Waals surface area (Å²) in [6.07, 6.45) is 0. The summed E-state index contributed by atoms with van der Waals surface area (Å²) in [5.41, 5.74) is 0. The summed E-state index contributed by atoms with van der Waals surface area (Å²) in [5, 5.41) is 0. The number of hydrogen-bond acceptors (Lipinski definition) is 6. The van der Waals surface area contributed by atoms with Crippen molar-refractivity contribution in [3.63, 3.8) is 0 Å². The molecule has 78 valence electrons. The average Bonchev–Trinajstić information content (AvgIpc) is 2.10. The maximum absolute atomic E-state index is 10.9. The van der Waals surface area contributed by atoms with Crippen LogP contribution in [0.1, 0.15) is 0 Å². The molecule has 7 heteroatoms. The zero-order chi connectivity index (χ0) is 9.57. The van der Waals surface area contributed by atoms with Crippen molar-refractivity contribution in [3.8, 4) is 0 Å². The van der Waals surface area contributed by atoms with Gasteiger partial charge in [0.1, 0.15) is 0 Å². The van der Waals surface area contributed by atoms with E-state index in [1.165, 1.54) is 0 Å². The minimum atomic E-state index is -4.13. The molecular formula is C6H12O6P-. The molecule has 0 aromatic carbocycles. The van der Waals surface area contributed by atoms with Gasteiger partial charge in [-0.3, -0.25) is 4.57 Å². The van der Waals surface area contributed by atoms with Crippen LogP contribution in [0.15, 0.2) is 0 Å². The van der Waals surface area contributed by atoms with Crippen LogP contribution < -0.4 is 4.89 Å². The van der Waals surface area contributed by atoms with Crippen LogP contribution in [0.25, 0.3) is 0 Å². The molecular weight excluding hydrogens is 199 g/mol. The Morgan fingerprint density at radius 2 is 1.23 bits per heavy atom. The smallest absolute Gasteiger partial charge is 0.268 e. The zero-order valence-electron chi connectivity index (χ0n) is 7.14. The van der Waals surface area contributed by atoms with Gasteiger partial charge in [-0.25, -0.2) is 0 Å². The van der Waals surface area contributed by atoms with Crippen LogP contribution in [0.5, 0.6) is 0 Å². The van der Waals surface area contributed by atoms with Crippen molar-refractivity contribution in [1.29, 1.82) is 0 Å². The van der Waals surface area contributed by atoms with E-state index in [0.29, 0.717) is 13.2 Å². The van der Waals surface area contributed by atoms with Gasteiger partial charge in [0.2, 0.25) is 0 Å². The van der Waals surface area contributed by atoms with E-state index in [1.807, 2.05) is 0 Å². The molecule has 0 atom stereocenters. The van der Waals surface area contributed by atoms with E-state index in [1.54, 1.807) is 0 Å². The summed E-state index contributed by atoms with van der Waals surface area (Å²) in [4.78, 5) is 10.9. The highest BCUT2D eigenvalue weighted by Crippen LogP contribution is 2.37. The molecule has 0 N–H and O–H groups in total. The third kappa shape index (κ3) is 5.36. The first-order valence-electron chi connectivity index (χ1n) is 3.96. The van der Waals surface area contributed by atoms with E-state index >= 15 is 0 Å². The van der Waals surface area contributed by atoms with Gasteiger partial charge < -0.3 is 23.4 Å². The molecule has 1 rings (SSSR count). The second-order valence-corrected chi connectivity index (χ2v) is 3.75. The van der Waals surface area contributed by atoms with Crippen LogP contribution in [0.3, 0.4) is 0 Å². The molecule has 0 unspecified atom stereocenters. The van der Waals surface area contributed by atoms with E-state index in [9.17, 15) is 9.46 Å². The highest BCUT2D eigenvalue weighted by molar-refractivity contribution is 7.45. The van der Waals surface area contributed by atoms with Gasteiger partial charge in [-0.15, -0.1) is 0 Å². The number of phosphoric ester groups is 1. The lowest BCUT2D eigenvalue weighted by Crippen LogP contribution is -2.12. The van der Waals surface area contributed by atoms with Crippen LogP contribution in [-0.4, -0.2) is 39.6 Å². The van der Waals surface area contributed by atoms with Crippen LogP contribution in [0, 0.1) is 0 Å². The second kappa shape index (κ2) is 5.70. The van der Waals surface area contributed by atoms with Gasteiger partial charge >= 0.3 is 0 Å². The Hall–Kier alpha value is 0.0300. The van der Waals surface area contributed by atoms with Gasteiger partial charge in [0.15, 0.2) is 0 Å². The predicted octanol–water partition coefficient (Wildman–Crippen LogP) is -0.465. The molecule has 1 aliphatic heterocycles. The largest absolute Gasteiger partial charge is 0.756 e. The quantitative estimate of drug-likeness (QED) is 0.504. The van der Waals surface area contributed by atoms with Crippen LogP contribution in [-0.2, 0) is 23.1 Å². The van der Waals surface area contributed by atoms with Crippen molar-refractivity contribution in [2.24, 2.45) is 0 Å². The Morgan fingerprint density at radius 1 is 0.846 bits per heavy atom. The molecule has 0 amide bonds. The summed E-state index contributed by atoms with van der Waals surface area (Å²) in [6, 6.07) is 0. The van der Waals surface area contributed by atoms with Gasteiger partial charge in [0.25, 0.3) is 7.82 Å². The molecule has 0 spiro atoms. The minimum absolute atomic E-state index is 0.0131. The standard InChI is InChI=1S/C6H13O6P/c7-13(8)11-5-3-9-1-2-10-4-6-12-13/h1-6H2,(H,7,8)/p-1. The lowest BCUT2D eigenvalue weighted by Gasteiger charge is -2.21. The molecule has 0 aliphatic carbocycles. The first-order valence-corrected chi connectivity index (χ1v) is 5.42. The number of phosphoric acid groups is 1. The number of rotatable bonds is 0. The number of hydrogen-bond donors (Lipinski definition) is 0. The van der Waals surface area contributed by atoms with E-state index in [-0.39, 0.29) is 26.4 Å². The molecule has 1 aliphatic rings. The summed E-state index contributed by atoms with van der Waals surface area (Å²) in [5.74, 6) is 0. The summed E-state index contributed by atoms with van der Waals surface area (Å²) in [6.45, 7) is 1.29. The lowest BCUT2D eigenvalue weighted by atomic mass is 10.7. The third-order valence-corrected chi connectivity index (χ3v) is 2.32. The summed E-state index contributed by atoms with van der Waals surface area (Å²) in [7, 11) is -4.13. The third-order valence-electron chi connectivity index (χ3n) is 1.33. The van der Waals surface area contributed by atoms with Gasteiger partial charge in [0.05, 0.1) is 39.6 Å². The zero-order valence-corrected chi connectivity index (χ0v) is 8.03. The van der Waals surface area contributed by atoms with Crippen LogP contribution in [0.4, 0.5) is 0 Å². The molecule has 0 radical (unpaired) electrons. The second-order valence-electron chi connectivity index (χ2n) is 2.34. The van der Waals surface area contributed by atoms with E-state index < -0.39 is 7.82 Å². The van der Waals surface area contributed by atoms with E-state index in [2.05, 4.69) is 9.05 Å². The molecule has 0 bridgehead atoms. The molecule has 1 saturated heterocycles. The average molecular weight is 211 g/mol. The summed E-state index contributed by atoms with van der Waals surface area (Å²) < 4.78 is 29.8. The lowest BCUT2D eigenvalue weighted by molar-refractivity contribution is -0.226. The fourth-order valence-corrected chi connectivity index (χ4v) is 1.45. The molecule has 6 nitrogen and oxygen atoms in total. The maximum atomic E-state index is 10.9. The Bertz CT molecular complexity index is 168. The predicted molar refractivity (Wildman–Crippen MR) is 41.1 cm³/mol. The minimum Gasteiger partial charge on any atom is -0.756 e. The molecule has 0 aromatic rings. The van der Waals surface area contributed by atoms with Gasteiger partial charge in [-0.05, 0) is 0 Å². The Kier molecular flexibility index (Phi) is 4.87. The van der Waals surface area contributed by atoms with Crippen molar-refractivity contribution in [1.82, 2.24) is 0 Å². The van der Waals surface area contributed by atoms with Gasteiger partial charge in [-0.2, -0.15) is 0 Å². The number of ether oxygens (including phenoxy) is 2. The van der Waals surface area contributed by atoms with Gasteiger partial charge in [0, 0.05) is 0 Å². The van der Waals surface area contributed by atoms with E-state index in [0.717, 1.165) is 0 Å². The molecule has 0 aromatic heterocycles. The first kappa shape index (κ1) is 11.1. The Morgan fingerprint density at radius 3 is 1.69 bits per heavy atom. The highest BCUT2D eigenvalue weighted by atomic mass is 31.2. The van der Waals surface area contributed by atoms with Crippen LogP contribution in [0.2, 0.25) is 0 Å². The fraction of sp³-hybridized carbons (Fsp3) is 1.00. The molecule has 1 fully saturated rings. The Labute approximate surface area is 76.4 Å². The van der Waals surface area contributed by atoms with Crippen molar-refractivity contribution in [3.05, 3.63) is 0 Å². The normalized spacial score (nSPS) is 26.2. The monoisotopic (exact) mass is 211 g/mol. The van der Waals surface area contributed by atoms with Crippen molar-refractivity contribution < 1.29 is 28.0 Å². The highest BCUT2D eigenvalue weighted by Gasteiger charge is 2.09. The molecule has 1 heterocycles. The van der Waals surface area contributed by atoms with Crippen molar-refractivity contribution in [2.45, 2.75) is 0 Å². The molecule has 0 saturated carbocycles. The maximum Gasteiger partial charge on any atom is 0.268 e. The first-order chi connectivity index (χ1) is 6.21. The van der Waals surface area contributed by atoms with Crippen molar-refractivity contribution in [2.75, 3.05) is 39.6 Å². The Balaban J connectivity index is 2.32. The van der Waals surface area contributed by atoms with E-state index in [4.69, 9.17) is 9.47 Å². The van der Waals surface area contributed by atoms with Crippen molar-refractivity contribution >= 4 is 7.82 Å². The fourth-order valence-electron chi connectivity index (χ4n) is 0.775. The SMILES string of the molecule is O=P1([O-])OCCOCCOCCO1. The topological polar surface area (TPSA) is 77.1 Å². The van der Waals surface area contributed by atoms with Gasteiger partial charge in [-0.1, -0.05) is 0 Å². The summed E-state index contributed by atoms with van der Waals surface area (Å²) >= 11 is 0. The van der Waals surface area contributed by atoms with Crippen LogP contribution >= 0.6 is 7.82 Å².